The van der Waals surface area contributed by atoms with Crippen LogP contribution in [0.3, 0.4) is 0 Å². The minimum absolute atomic E-state index is 0.119. The Balaban J connectivity index is 1.79. The molecule has 2 aromatic rings. The van der Waals surface area contributed by atoms with Crippen LogP contribution >= 0.6 is 0 Å². The number of aromatic nitrogens is 2. The van der Waals surface area contributed by atoms with Crippen molar-refractivity contribution in [1.29, 1.82) is 0 Å². The van der Waals surface area contributed by atoms with Gasteiger partial charge in [0.25, 0.3) is 5.91 Å². The summed E-state index contributed by atoms with van der Waals surface area (Å²) in [4.78, 5) is 11.8. The minimum atomic E-state index is -2.82. The maximum absolute atomic E-state index is 12.0. The Kier molecular flexibility index (Phi) is 4.86. The van der Waals surface area contributed by atoms with Gasteiger partial charge in [-0.3, -0.25) is 9.48 Å². The Morgan fingerprint density at radius 1 is 1.38 bits per heavy atom. The van der Waals surface area contributed by atoms with Crippen LogP contribution in [-0.2, 0) is 13.5 Å². The summed E-state index contributed by atoms with van der Waals surface area (Å²) in [6.07, 6.45) is 3.72. The average molecular weight is 295 g/mol. The van der Waals surface area contributed by atoms with Crippen LogP contribution in [0.15, 0.2) is 36.7 Å². The molecule has 0 fully saturated rings. The van der Waals surface area contributed by atoms with Gasteiger partial charge in [0.2, 0.25) is 0 Å². The Hall–Kier alpha value is -2.44. The topological polar surface area (TPSA) is 56.2 Å². The number of amides is 1. The molecule has 1 heterocycles. The first-order chi connectivity index (χ1) is 10.0. The number of halogens is 2. The van der Waals surface area contributed by atoms with E-state index in [-0.39, 0.29) is 11.7 Å². The first-order valence-electron chi connectivity index (χ1n) is 6.35. The first kappa shape index (κ1) is 15.0. The van der Waals surface area contributed by atoms with Crippen molar-refractivity contribution in [2.75, 3.05) is 6.54 Å². The molecule has 1 aromatic heterocycles. The molecule has 0 aliphatic rings. The van der Waals surface area contributed by atoms with Gasteiger partial charge in [-0.25, -0.2) is 0 Å². The van der Waals surface area contributed by atoms with Crippen molar-refractivity contribution in [1.82, 2.24) is 15.1 Å². The van der Waals surface area contributed by atoms with E-state index in [1.807, 2.05) is 0 Å². The van der Waals surface area contributed by atoms with Crippen LogP contribution in [0.1, 0.15) is 15.9 Å². The number of nitrogens with one attached hydrogen (secondary N) is 1. The predicted octanol–water partition coefficient (Wildman–Crippen LogP) is 1.99. The van der Waals surface area contributed by atoms with Gasteiger partial charge in [-0.2, -0.15) is 13.9 Å². The molecule has 0 saturated carbocycles. The van der Waals surface area contributed by atoms with Gasteiger partial charge in [0.1, 0.15) is 5.75 Å². The smallest absolute Gasteiger partial charge is 0.387 e. The van der Waals surface area contributed by atoms with E-state index in [1.165, 1.54) is 18.3 Å². The van der Waals surface area contributed by atoms with Crippen molar-refractivity contribution in [3.05, 3.63) is 47.8 Å². The highest BCUT2D eigenvalue weighted by molar-refractivity contribution is 5.93. The van der Waals surface area contributed by atoms with Crippen LogP contribution in [0.4, 0.5) is 8.78 Å². The number of carbonyl (C=O) groups excluding carboxylic acids is 1. The lowest BCUT2D eigenvalue weighted by Gasteiger charge is -2.06. The van der Waals surface area contributed by atoms with Crippen LogP contribution in [0.25, 0.3) is 0 Å². The molecule has 0 aliphatic heterocycles. The van der Waals surface area contributed by atoms with Gasteiger partial charge in [0.05, 0.1) is 11.8 Å². The lowest BCUT2D eigenvalue weighted by molar-refractivity contribution is -0.0498. The molecule has 21 heavy (non-hydrogen) atoms. The van der Waals surface area contributed by atoms with Crippen molar-refractivity contribution in [2.45, 2.75) is 13.0 Å². The van der Waals surface area contributed by atoms with Crippen LogP contribution in [0, 0.1) is 0 Å². The monoisotopic (exact) mass is 295 g/mol. The number of rotatable bonds is 6. The largest absolute Gasteiger partial charge is 0.435 e. The Morgan fingerprint density at radius 2 is 2.10 bits per heavy atom. The number of carbonyl (C=O) groups is 1. The molecule has 1 N–H and O–H groups in total. The van der Waals surface area contributed by atoms with Gasteiger partial charge in [0.15, 0.2) is 0 Å². The maximum Gasteiger partial charge on any atom is 0.387 e. The number of aryl methyl sites for hydroxylation is 1. The molecule has 0 aliphatic carbocycles. The molecular weight excluding hydrogens is 280 g/mol. The number of nitrogens with zero attached hydrogens (tertiary/aromatic N) is 2. The number of ether oxygens (including phenoxy) is 1. The lowest BCUT2D eigenvalue weighted by atomic mass is 10.1. The van der Waals surface area contributed by atoms with Crippen molar-refractivity contribution < 1.29 is 18.3 Å². The zero-order chi connectivity index (χ0) is 15.2. The second-order valence-electron chi connectivity index (χ2n) is 4.43. The van der Waals surface area contributed by atoms with Gasteiger partial charge in [-0.1, -0.05) is 12.1 Å². The summed E-state index contributed by atoms with van der Waals surface area (Å²) in [6, 6.07) is 6.33. The molecule has 0 radical (unpaired) electrons. The molecular formula is C14H15F2N3O2. The molecule has 1 aromatic carbocycles. The summed E-state index contributed by atoms with van der Waals surface area (Å²) in [5.41, 5.74) is 1.42. The fraction of sp³-hybridized carbons (Fsp3) is 0.286. The minimum Gasteiger partial charge on any atom is -0.435 e. The summed E-state index contributed by atoms with van der Waals surface area (Å²) in [5, 5.41) is 6.68. The van der Waals surface area contributed by atoms with Crippen LogP contribution in [0.5, 0.6) is 5.75 Å². The number of alkyl halides is 2. The first-order valence-corrected chi connectivity index (χ1v) is 6.35. The van der Waals surface area contributed by atoms with Crippen LogP contribution in [0.2, 0.25) is 0 Å². The van der Waals surface area contributed by atoms with Gasteiger partial charge < -0.3 is 10.1 Å². The highest BCUT2D eigenvalue weighted by atomic mass is 19.3. The summed E-state index contributed by atoms with van der Waals surface area (Å²) < 4.78 is 29.8. The Morgan fingerprint density at radius 3 is 2.67 bits per heavy atom. The second kappa shape index (κ2) is 6.83. The van der Waals surface area contributed by atoms with Crippen molar-refractivity contribution in [3.63, 3.8) is 0 Å². The molecule has 5 nitrogen and oxygen atoms in total. The number of hydrogen-bond donors (Lipinski definition) is 1. The maximum atomic E-state index is 12.0. The van der Waals surface area contributed by atoms with Crippen LogP contribution < -0.4 is 10.1 Å². The standard InChI is InChI=1S/C14H15F2N3O2/c1-19-9-11(8-18-19)13(20)17-7-6-10-2-4-12(5-3-10)21-14(15)16/h2-5,8-9,14H,6-7H2,1H3,(H,17,20). The number of hydrogen-bond acceptors (Lipinski definition) is 3. The number of benzene rings is 1. The van der Waals surface area contributed by atoms with E-state index in [0.29, 0.717) is 18.5 Å². The highest BCUT2D eigenvalue weighted by Gasteiger charge is 2.07. The fourth-order valence-corrected chi connectivity index (χ4v) is 1.80. The summed E-state index contributed by atoms with van der Waals surface area (Å²) in [5.74, 6) is -0.0751. The van der Waals surface area contributed by atoms with E-state index in [1.54, 1.807) is 30.1 Å². The van der Waals surface area contributed by atoms with E-state index in [4.69, 9.17) is 0 Å². The zero-order valence-electron chi connectivity index (χ0n) is 11.4. The SMILES string of the molecule is Cn1cc(C(=O)NCCc2ccc(OC(F)F)cc2)cn1. The molecule has 2 rings (SSSR count). The van der Waals surface area contributed by atoms with Crippen molar-refractivity contribution >= 4 is 5.91 Å². The van der Waals surface area contributed by atoms with Gasteiger partial charge >= 0.3 is 6.61 Å². The molecule has 0 atom stereocenters. The molecule has 7 heteroatoms. The quantitative estimate of drug-likeness (QED) is 0.886. The van der Waals surface area contributed by atoms with E-state index < -0.39 is 6.61 Å². The van der Waals surface area contributed by atoms with Crippen LogP contribution in [-0.4, -0.2) is 28.8 Å². The lowest BCUT2D eigenvalue weighted by Crippen LogP contribution is -2.25. The molecule has 1 amide bonds. The van der Waals surface area contributed by atoms with Gasteiger partial charge in [-0.15, -0.1) is 0 Å². The Labute approximate surface area is 120 Å². The average Bonchev–Trinajstić information content (AvgIpc) is 2.87. The summed E-state index contributed by atoms with van der Waals surface area (Å²) in [7, 11) is 1.74. The molecule has 0 spiro atoms. The van der Waals surface area contributed by atoms with Crippen molar-refractivity contribution in [3.8, 4) is 5.75 Å². The molecule has 0 saturated heterocycles. The fourth-order valence-electron chi connectivity index (χ4n) is 1.80. The summed E-state index contributed by atoms with van der Waals surface area (Å²) >= 11 is 0. The predicted molar refractivity (Wildman–Crippen MR) is 72.3 cm³/mol. The van der Waals surface area contributed by atoms with Crippen molar-refractivity contribution in [2.24, 2.45) is 7.05 Å². The second-order valence-corrected chi connectivity index (χ2v) is 4.43. The van der Waals surface area contributed by atoms with Gasteiger partial charge in [-0.05, 0) is 24.1 Å². The third kappa shape index (κ3) is 4.55. The molecule has 0 bridgehead atoms. The zero-order valence-corrected chi connectivity index (χ0v) is 11.4. The van der Waals surface area contributed by atoms with E-state index in [9.17, 15) is 13.6 Å². The van der Waals surface area contributed by atoms with E-state index in [0.717, 1.165) is 5.56 Å². The van der Waals surface area contributed by atoms with E-state index >= 15 is 0 Å². The normalized spacial score (nSPS) is 10.7. The third-order valence-electron chi connectivity index (χ3n) is 2.81. The van der Waals surface area contributed by atoms with E-state index in [2.05, 4.69) is 15.2 Å². The molecule has 112 valence electrons. The van der Waals surface area contributed by atoms with Gasteiger partial charge in [0, 0.05) is 19.8 Å². The molecule has 0 unspecified atom stereocenters. The third-order valence-corrected chi connectivity index (χ3v) is 2.81. The Bertz CT molecular complexity index is 597. The summed E-state index contributed by atoms with van der Waals surface area (Å²) in [6.45, 7) is -2.38. The highest BCUT2D eigenvalue weighted by Crippen LogP contribution is 2.14.